The van der Waals surface area contributed by atoms with Crippen LogP contribution < -0.4 is 0 Å². The smallest absolute Gasteiger partial charge is 0.165 e. The van der Waals surface area contributed by atoms with Crippen LogP contribution in [0.2, 0.25) is 0 Å². The summed E-state index contributed by atoms with van der Waals surface area (Å²) in [6.07, 6.45) is 0. The Morgan fingerprint density at radius 2 is 0.421 bits per heavy atom. The summed E-state index contributed by atoms with van der Waals surface area (Å²) in [5, 5.41) is 21.8. The Labute approximate surface area is 663 Å². The number of aromatic nitrogens is 6. The Hall–Kier alpha value is -14.5. The third-order valence-corrected chi connectivity index (χ3v) is 25.4. The van der Waals surface area contributed by atoms with E-state index in [0.717, 1.165) is 97.9 Å². The van der Waals surface area contributed by atoms with Gasteiger partial charge in [-0.3, -0.25) is 0 Å². The maximum absolute atomic E-state index is 5.43. The van der Waals surface area contributed by atoms with Gasteiger partial charge in [0.2, 0.25) is 0 Å². The van der Waals surface area contributed by atoms with Gasteiger partial charge in [-0.05, 0) is 186 Å². The first-order valence-corrected chi connectivity index (χ1v) is 40.1. The van der Waals surface area contributed by atoms with E-state index in [1.54, 1.807) is 22.7 Å². The number of hydrogen-bond donors (Lipinski definition) is 0. The van der Waals surface area contributed by atoms with Crippen molar-refractivity contribution in [1.29, 1.82) is 0 Å². The topological polar surface area (TPSA) is 77.3 Å². The highest BCUT2D eigenvalue weighted by Crippen LogP contribution is 2.46. The Kier molecular flexibility index (Phi) is 15.3. The van der Waals surface area contributed by atoms with Gasteiger partial charge in [0.15, 0.2) is 34.9 Å². The molecule has 0 N–H and O–H groups in total. The summed E-state index contributed by atoms with van der Waals surface area (Å²) in [7, 11) is 0. The molecule has 23 rings (SSSR count). The summed E-state index contributed by atoms with van der Waals surface area (Å²) in [6, 6.07) is 136. The highest BCUT2D eigenvalue weighted by molar-refractivity contribution is 7.26. The van der Waals surface area contributed by atoms with Gasteiger partial charge < -0.3 is 0 Å². The molecule has 114 heavy (non-hydrogen) atoms. The number of hydrogen-bond acceptors (Lipinski definition) is 8. The zero-order valence-electron chi connectivity index (χ0n) is 61.3. The second-order valence-corrected chi connectivity index (χ2v) is 31.6. The molecule has 528 valence electrons. The van der Waals surface area contributed by atoms with Gasteiger partial charge in [0.1, 0.15) is 0 Å². The molecule has 0 saturated carbocycles. The predicted octanol–water partition coefficient (Wildman–Crippen LogP) is 29.2. The third kappa shape index (κ3) is 11.1. The molecule has 0 spiro atoms. The fourth-order valence-electron chi connectivity index (χ4n) is 17.4. The van der Waals surface area contributed by atoms with Crippen LogP contribution in [0, 0.1) is 0 Å². The fraction of sp³-hybridized carbons (Fsp3) is 0. The molecule has 0 aliphatic heterocycles. The molecule has 0 saturated heterocycles. The van der Waals surface area contributed by atoms with Crippen molar-refractivity contribution in [3.8, 4) is 124 Å². The molecule has 19 aromatic carbocycles. The number of thiophene rings is 2. The van der Waals surface area contributed by atoms with Crippen LogP contribution >= 0.6 is 22.7 Å². The summed E-state index contributed by atoms with van der Waals surface area (Å²) in [5.41, 5.74) is 17.0. The SMILES string of the molecule is c1cc(-c2ccc(-c3nc(-c4ccc(-c5cc6ccccc6c6ccccc56)cc4)nc(-c4cccc5c4sc4ccccc45)n3)cc2)c2cc(-c3ccc4sc5c(-c6nc(-c7ccc(-c8cc9ccccc9c9ccccc89)cc7)nc(-c7ccc(-c8cc9ccccc9c9ccccc89)cc7)n6)cccc5c4c3)ccc2c1. The van der Waals surface area contributed by atoms with Gasteiger partial charge in [0, 0.05) is 73.7 Å². The van der Waals surface area contributed by atoms with E-state index in [-0.39, 0.29) is 0 Å². The largest absolute Gasteiger partial charge is 0.208 e. The lowest BCUT2D eigenvalue weighted by atomic mass is 9.93. The maximum Gasteiger partial charge on any atom is 0.165 e. The molecule has 0 fully saturated rings. The van der Waals surface area contributed by atoms with Gasteiger partial charge in [-0.25, -0.2) is 29.9 Å². The maximum atomic E-state index is 5.43. The zero-order valence-corrected chi connectivity index (χ0v) is 62.9. The molecule has 0 aliphatic carbocycles. The van der Waals surface area contributed by atoms with E-state index in [2.05, 4.69) is 376 Å². The van der Waals surface area contributed by atoms with E-state index in [1.807, 2.05) is 0 Å². The summed E-state index contributed by atoms with van der Waals surface area (Å²) in [6.45, 7) is 0. The lowest BCUT2D eigenvalue weighted by Gasteiger charge is -2.13. The number of fused-ring (bicyclic) bond motifs is 16. The molecule has 4 aromatic heterocycles. The second kappa shape index (κ2) is 26.6. The Morgan fingerprint density at radius 3 is 0.851 bits per heavy atom. The Morgan fingerprint density at radius 1 is 0.140 bits per heavy atom. The van der Waals surface area contributed by atoms with Gasteiger partial charge in [-0.1, -0.05) is 322 Å². The third-order valence-electron chi connectivity index (χ3n) is 23.0. The van der Waals surface area contributed by atoms with E-state index >= 15 is 0 Å². The summed E-state index contributed by atoms with van der Waals surface area (Å²) in [4.78, 5) is 32.2. The van der Waals surface area contributed by atoms with Crippen LogP contribution in [0.4, 0.5) is 0 Å². The van der Waals surface area contributed by atoms with Crippen LogP contribution in [0.15, 0.2) is 376 Å². The Balaban J connectivity index is 0.595. The van der Waals surface area contributed by atoms with E-state index in [0.29, 0.717) is 34.9 Å². The quantitative estimate of drug-likeness (QED) is 0.120. The molecule has 8 heteroatoms. The van der Waals surface area contributed by atoms with Gasteiger partial charge >= 0.3 is 0 Å². The van der Waals surface area contributed by atoms with E-state index < -0.39 is 0 Å². The van der Waals surface area contributed by atoms with Gasteiger partial charge in [0.25, 0.3) is 0 Å². The summed E-state index contributed by atoms with van der Waals surface area (Å²) < 4.78 is 4.68. The van der Waals surface area contributed by atoms with Crippen molar-refractivity contribution in [3.63, 3.8) is 0 Å². The van der Waals surface area contributed by atoms with Crippen LogP contribution in [-0.4, -0.2) is 29.9 Å². The van der Waals surface area contributed by atoms with E-state index in [4.69, 9.17) is 29.9 Å². The molecule has 0 unspecified atom stereocenters. The van der Waals surface area contributed by atoms with Crippen LogP contribution in [0.25, 0.3) is 240 Å². The highest BCUT2D eigenvalue weighted by Gasteiger charge is 2.23. The Bertz CT molecular complexity index is 7720. The molecule has 0 bridgehead atoms. The average Bonchev–Trinajstić information content (AvgIpc) is 1.50. The predicted molar refractivity (Wildman–Crippen MR) is 481 cm³/mol. The first kappa shape index (κ1) is 65.4. The van der Waals surface area contributed by atoms with Gasteiger partial charge in [-0.2, -0.15) is 0 Å². The van der Waals surface area contributed by atoms with E-state index in [9.17, 15) is 0 Å². The van der Waals surface area contributed by atoms with Crippen LogP contribution in [0.1, 0.15) is 0 Å². The van der Waals surface area contributed by atoms with Crippen molar-refractivity contribution in [3.05, 3.63) is 376 Å². The van der Waals surface area contributed by atoms with Crippen molar-refractivity contribution in [2.75, 3.05) is 0 Å². The minimum absolute atomic E-state index is 0.606. The molecule has 0 atom stereocenters. The first-order chi connectivity index (χ1) is 56.4. The molecular formula is C106H62N6S2. The minimum atomic E-state index is 0.606. The normalized spacial score (nSPS) is 11.9. The summed E-state index contributed by atoms with van der Waals surface area (Å²) in [5.74, 6) is 3.69. The van der Waals surface area contributed by atoms with Crippen molar-refractivity contribution in [2.45, 2.75) is 0 Å². The van der Waals surface area contributed by atoms with Crippen molar-refractivity contribution >= 4 is 138 Å². The van der Waals surface area contributed by atoms with Gasteiger partial charge in [0.05, 0.1) is 0 Å². The van der Waals surface area contributed by atoms with Crippen molar-refractivity contribution in [2.24, 2.45) is 0 Å². The molecule has 0 aliphatic rings. The number of benzene rings is 19. The fourth-order valence-corrected chi connectivity index (χ4v) is 19.8. The standard InChI is InChI=1S/C106H62N6S2/c1-4-22-78-74(18-1)60-93(84-28-10-7-25-81(78)84)65-40-49-69(50-41-65)102-107-101(109-105(110-102)90-35-16-33-88-87-31-13-14-37-97(87)113-99(88)90)68-47-38-64(39-48-68)77-32-15-21-63-46-55-72(58-92(63)77)73-56-57-98-96(59-73)89-34-17-36-91(100(89)114-98)106-111-103(70-51-42-66(43-52-70)94-61-75-19-2-5-23-79(75)82-26-8-11-29-85(82)94)108-104(112-106)71-53-44-67(45-54-71)95-62-76-20-3-6-24-80(76)83-27-9-12-30-86(83)95/h1-62H. The lowest BCUT2D eigenvalue weighted by molar-refractivity contribution is 1.08. The molecule has 23 aromatic rings. The van der Waals surface area contributed by atoms with Crippen molar-refractivity contribution < 1.29 is 0 Å². The van der Waals surface area contributed by atoms with Crippen LogP contribution in [0.3, 0.4) is 0 Å². The number of nitrogens with zero attached hydrogens (tertiary/aromatic N) is 6. The van der Waals surface area contributed by atoms with Crippen LogP contribution in [-0.2, 0) is 0 Å². The molecule has 0 radical (unpaired) electrons. The molecule has 6 nitrogen and oxygen atoms in total. The highest BCUT2D eigenvalue weighted by atomic mass is 32.1. The summed E-state index contributed by atoms with van der Waals surface area (Å²) >= 11 is 3.56. The molecular weight excluding hydrogens is 1420 g/mol. The van der Waals surface area contributed by atoms with E-state index in [1.165, 1.54) is 107 Å². The zero-order chi connectivity index (χ0) is 74.9. The monoisotopic (exact) mass is 1480 g/mol. The van der Waals surface area contributed by atoms with Crippen molar-refractivity contribution in [1.82, 2.24) is 29.9 Å². The lowest BCUT2D eigenvalue weighted by Crippen LogP contribution is -2.00. The minimum Gasteiger partial charge on any atom is -0.208 e. The molecule has 0 amide bonds. The number of rotatable bonds is 11. The first-order valence-electron chi connectivity index (χ1n) is 38.5. The van der Waals surface area contributed by atoms with Gasteiger partial charge in [-0.15, -0.1) is 22.7 Å². The van der Waals surface area contributed by atoms with Crippen LogP contribution in [0.5, 0.6) is 0 Å². The molecule has 4 heterocycles. The second-order valence-electron chi connectivity index (χ2n) is 29.5. The average molecular weight is 1480 g/mol.